The molecule has 5 nitrogen and oxygen atoms in total. The zero-order chi connectivity index (χ0) is 26.1. The predicted octanol–water partition coefficient (Wildman–Crippen LogP) is 7.23. The quantitative estimate of drug-likeness (QED) is 0.222. The average molecular weight is 484 g/mol. The van der Waals surface area contributed by atoms with Gasteiger partial charge in [0.1, 0.15) is 11.3 Å². The lowest BCUT2D eigenvalue weighted by atomic mass is 9.87. The van der Waals surface area contributed by atoms with E-state index in [-0.39, 0.29) is 17.3 Å². The van der Waals surface area contributed by atoms with Crippen molar-refractivity contribution in [1.29, 1.82) is 0 Å². The number of carbonyl (C=O) groups is 2. The van der Waals surface area contributed by atoms with Crippen LogP contribution in [-0.4, -0.2) is 23.4 Å². The lowest BCUT2D eigenvalue weighted by Gasteiger charge is -2.19. The second kappa shape index (κ2) is 10.1. The number of carbonyl (C=O) groups excluding carboxylic acids is 1. The van der Waals surface area contributed by atoms with Gasteiger partial charge in [-0.2, -0.15) is 0 Å². The lowest BCUT2D eigenvalue weighted by Crippen LogP contribution is -2.11. The number of aryl methyl sites for hydroxylation is 3. The second-order valence-electron chi connectivity index (χ2n) is 9.70. The Morgan fingerprint density at radius 1 is 0.972 bits per heavy atom. The van der Waals surface area contributed by atoms with E-state index < -0.39 is 5.97 Å². The molecule has 0 spiro atoms. The highest BCUT2D eigenvalue weighted by atomic mass is 16.4. The van der Waals surface area contributed by atoms with Crippen LogP contribution in [0.3, 0.4) is 0 Å². The molecule has 1 aliphatic carbocycles. The van der Waals surface area contributed by atoms with Gasteiger partial charge < -0.3 is 9.52 Å². The molecule has 0 aromatic heterocycles. The summed E-state index contributed by atoms with van der Waals surface area (Å²) in [5.74, 6) is -0.722. The summed E-state index contributed by atoms with van der Waals surface area (Å²) in [4.78, 5) is 29.7. The fourth-order valence-corrected chi connectivity index (χ4v) is 4.83. The number of Topliss-reactive ketones (excluding diaryl/α,β-unsaturated/α-hetero) is 1. The topological polar surface area (TPSA) is 79.9 Å². The van der Waals surface area contributed by atoms with E-state index in [4.69, 9.17) is 4.42 Å². The number of nitrogens with zero attached hydrogens (tertiary/aromatic N) is 1. The van der Waals surface area contributed by atoms with Gasteiger partial charge in [0.2, 0.25) is 0 Å². The maximum Gasteiger partial charge on any atom is 0.336 e. The zero-order valence-electron chi connectivity index (χ0n) is 21.9. The highest BCUT2D eigenvalue weighted by molar-refractivity contribution is 6.09. The van der Waals surface area contributed by atoms with Crippen LogP contribution >= 0.6 is 0 Å². The molecule has 2 aliphatic rings. The monoisotopic (exact) mass is 483 g/mol. The van der Waals surface area contributed by atoms with Gasteiger partial charge in [0.05, 0.1) is 10.9 Å². The van der Waals surface area contributed by atoms with Crippen molar-refractivity contribution < 1.29 is 19.1 Å². The Morgan fingerprint density at radius 2 is 1.72 bits per heavy atom. The summed E-state index contributed by atoms with van der Waals surface area (Å²) in [5, 5.41) is 11.9. The minimum atomic E-state index is -1.07. The van der Waals surface area contributed by atoms with Crippen molar-refractivity contribution >= 4 is 22.7 Å². The molecular weight excluding hydrogens is 450 g/mol. The molecule has 0 saturated carbocycles. The van der Waals surface area contributed by atoms with Crippen LogP contribution < -0.4 is 5.36 Å². The Balaban J connectivity index is 2.16. The Labute approximate surface area is 211 Å². The van der Waals surface area contributed by atoms with Gasteiger partial charge in [0.25, 0.3) is 0 Å². The molecule has 0 atom stereocenters. The SMILES string of the molecule is CCCc1cc2oc3c/c(=N/CC)c(C)cc-3c(-c3ccc(C(=O)C(C)C)cc3C(=O)O)c2cc1C. The summed E-state index contributed by atoms with van der Waals surface area (Å²) < 4.78 is 6.42. The molecule has 0 radical (unpaired) electrons. The van der Waals surface area contributed by atoms with Crippen LogP contribution in [0.15, 0.2) is 51.9 Å². The summed E-state index contributed by atoms with van der Waals surface area (Å²) in [6.07, 6.45) is 1.95. The number of carboxylic acid groups (broad SMARTS) is 1. The summed E-state index contributed by atoms with van der Waals surface area (Å²) in [6, 6.07) is 13.1. The number of ketones is 1. The van der Waals surface area contributed by atoms with Crippen molar-refractivity contribution in [2.45, 2.75) is 54.4 Å². The van der Waals surface area contributed by atoms with E-state index in [0.717, 1.165) is 45.8 Å². The Kier molecular flexibility index (Phi) is 7.11. The third-order valence-electron chi connectivity index (χ3n) is 6.67. The van der Waals surface area contributed by atoms with Gasteiger partial charge in [-0.3, -0.25) is 9.79 Å². The molecule has 0 fully saturated rings. The summed E-state index contributed by atoms with van der Waals surface area (Å²) in [6.45, 7) is 12.5. The van der Waals surface area contributed by atoms with E-state index >= 15 is 0 Å². The predicted molar refractivity (Wildman–Crippen MR) is 144 cm³/mol. The van der Waals surface area contributed by atoms with E-state index in [2.05, 4.69) is 31.0 Å². The third kappa shape index (κ3) is 4.58. The molecule has 36 heavy (non-hydrogen) atoms. The highest BCUT2D eigenvalue weighted by Gasteiger charge is 2.24. The number of benzene rings is 3. The summed E-state index contributed by atoms with van der Waals surface area (Å²) >= 11 is 0. The number of carboxylic acids is 1. The Bertz CT molecular complexity index is 1520. The molecule has 2 aromatic rings. The van der Waals surface area contributed by atoms with Crippen molar-refractivity contribution in [3.63, 3.8) is 0 Å². The van der Waals surface area contributed by atoms with E-state index in [1.807, 2.05) is 39.8 Å². The van der Waals surface area contributed by atoms with Gasteiger partial charge in [-0.15, -0.1) is 0 Å². The van der Waals surface area contributed by atoms with Gasteiger partial charge in [-0.25, -0.2) is 4.79 Å². The molecule has 186 valence electrons. The smallest absolute Gasteiger partial charge is 0.336 e. The number of hydrogen-bond acceptors (Lipinski definition) is 4. The van der Waals surface area contributed by atoms with E-state index in [0.29, 0.717) is 29.0 Å². The largest absolute Gasteiger partial charge is 0.478 e. The first-order chi connectivity index (χ1) is 17.2. The molecule has 1 heterocycles. The van der Waals surface area contributed by atoms with Crippen LogP contribution in [-0.2, 0) is 6.42 Å². The molecule has 1 aliphatic heterocycles. The lowest BCUT2D eigenvalue weighted by molar-refractivity contribution is 0.0697. The Hall–Kier alpha value is -3.73. The molecule has 2 aromatic carbocycles. The molecule has 4 rings (SSSR count). The van der Waals surface area contributed by atoms with Crippen LogP contribution in [0.25, 0.3) is 33.4 Å². The first-order valence-electron chi connectivity index (χ1n) is 12.6. The third-order valence-corrected chi connectivity index (χ3v) is 6.67. The normalized spacial score (nSPS) is 12.1. The fraction of sp³-hybridized carbons (Fsp3) is 0.323. The van der Waals surface area contributed by atoms with Gasteiger partial charge in [-0.1, -0.05) is 39.3 Å². The molecule has 0 saturated heterocycles. The summed E-state index contributed by atoms with van der Waals surface area (Å²) in [5.41, 5.74) is 6.73. The number of fused-ring (bicyclic) bond motifs is 2. The van der Waals surface area contributed by atoms with Crippen LogP contribution in [0, 0.1) is 19.8 Å². The average Bonchev–Trinajstić information content (AvgIpc) is 2.83. The van der Waals surface area contributed by atoms with Crippen molar-refractivity contribution in [2.24, 2.45) is 10.9 Å². The fourth-order valence-electron chi connectivity index (χ4n) is 4.83. The highest BCUT2D eigenvalue weighted by Crippen LogP contribution is 2.42. The van der Waals surface area contributed by atoms with Gasteiger partial charge >= 0.3 is 5.97 Å². The van der Waals surface area contributed by atoms with Crippen LogP contribution in [0.2, 0.25) is 0 Å². The first-order valence-corrected chi connectivity index (χ1v) is 12.6. The summed E-state index contributed by atoms with van der Waals surface area (Å²) in [7, 11) is 0. The van der Waals surface area contributed by atoms with Crippen molar-refractivity contribution in [2.75, 3.05) is 6.54 Å². The standard InChI is InChI=1S/C31H33NO4/c1-7-9-20-15-27-24(12-18(20)5)29(25-13-19(6)26(32-8-2)16-28(25)36-27)22-11-10-21(30(33)17(3)4)14-23(22)31(34)35/h10-17H,7-9H2,1-6H3,(H,34,35)/b32-26-. The van der Waals surface area contributed by atoms with Crippen LogP contribution in [0.5, 0.6) is 0 Å². The van der Waals surface area contributed by atoms with E-state index in [9.17, 15) is 14.7 Å². The molecular formula is C31H33NO4. The molecule has 0 bridgehead atoms. The number of hydrogen-bond donors (Lipinski definition) is 1. The molecule has 0 unspecified atom stereocenters. The van der Waals surface area contributed by atoms with Gasteiger partial charge in [0, 0.05) is 40.6 Å². The molecule has 0 amide bonds. The van der Waals surface area contributed by atoms with Gasteiger partial charge in [0.15, 0.2) is 5.78 Å². The van der Waals surface area contributed by atoms with Crippen LogP contribution in [0.4, 0.5) is 0 Å². The maximum atomic E-state index is 12.7. The van der Waals surface area contributed by atoms with Crippen molar-refractivity contribution in [3.8, 4) is 22.5 Å². The minimum absolute atomic E-state index is 0.0801. The first kappa shape index (κ1) is 25.4. The van der Waals surface area contributed by atoms with E-state index in [1.54, 1.807) is 12.1 Å². The maximum absolute atomic E-state index is 12.7. The minimum Gasteiger partial charge on any atom is -0.478 e. The Morgan fingerprint density at radius 3 is 2.36 bits per heavy atom. The molecule has 5 heteroatoms. The molecule has 1 N–H and O–H groups in total. The van der Waals surface area contributed by atoms with Gasteiger partial charge in [-0.05, 0) is 73.7 Å². The number of aromatic carboxylic acids is 1. The van der Waals surface area contributed by atoms with E-state index in [1.165, 1.54) is 11.6 Å². The van der Waals surface area contributed by atoms with Crippen molar-refractivity contribution in [1.82, 2.24) is 0 Å². The number of rotatable bonds is 7. The second-order valence-corrected chi connectivity index (χ2v) is 9.70. The van der Waals surface area contributed by atoms with Crippen molar-refractivity contribution in [3.05, 3.63) is 75.6 Å². The zero-order valence-corrected chi connectivity index (χ0v) is 21.9. The van der Waals surface area contributed by atoms with Crippen LogP contribution in [0.1, 0.15) is 71.5 Å².